The van der Waals surface area contributed by atoms with Gasteiger partial charge in [0.05, 0.1) is 6.54 Å². The maximum atomic E-state index is 5.95. The molecule has 2 aromatic carbocycles. The minimum Gasteiger partial charge on any atom is -0.489 e. The van der Waals surface area contributed by atoms with Gasteiger partial charge in [0.15, 0.2) is 5.96 Å². The van der Waals surface area contributed by atoms with Crippen LogP contribution in [0.3, 0.4) is 0 Å². The standard InChI is InChI=1S/C25H36N4O.HI/c1-4-26-25(28-23-13-15-29(16-14-23)20(2)3)27-18-22-11-8-12-24(17-22)30-19-21-9-6-5-7-10-21;/h5-12,17,20,23H,4,13-16,18-19H2,1-3H3,(H2,26,27,28);1H. The zero-order chi connectivity index (χ0) is 21.2. The summed E-state index contributed by atoms with van der Waals surface area (Å²) < 4.78 is 5.95. The number of hydrogen-bond acceptors (Lipinski definition) is 3. The Morgan fingerprint density at radius 1 is 1.06 bits per heavy atom. The van der Waals surface area contributed by atoms with E-state index in [2.05, 4.69) is 60.6 Å². The lowest BCUT2D eigenvalue weighted by Gasteiger charge is -2.35. The highest BCUT2D eigenvalue weighted by molar-refractivity contribution is 14.0. The van der Waals surface area contributed by atoms with E-state index in [0.717, 1.165) is 49.7 Å². The number of benzene rings is 2. The molecule has 1 aliphatic rings. The maximum absolute atomic E-state index is 5.95. The predicted molar refractivity (Wildman–Crippen MR) is 140 cm³/mol. The van der Waals surface area contributed by atoms with E-state index < -0.39 is 0 Å². The van der Waals surface area contributed by atoms with Crippen molar-refractivity contribution in [1.82, 2.24) is 15.5 Å². The molecule has 0 aliphatic carbocycles. The van der Waals surface area contributed by atoms with Crippen LogP contribution in [0.15, 0.2) is 59.6 Å². The van der Waals surface area contributed by atoms with Crippen molar-refractivity contribution in [2.45, 2.75) is 58.8 Å². The SMILES string of the molecule is CCNC(=NCc1cccc(OCc2ccccc2)c1)NC1CCN(C(C)C)CC1.I. The van der Waals surface area contributed by atoms with Gasteiger partial charge >= 0.3 is 0 Å². The average molecular weight is 537 g/mol. The number of hydrogen-bond donors (Lipinski definition) is 2. The summed E-state index contributed by atoms with van der Waals surface area (Å²) in [6.07, 6.45) is 2.32. The molecule has 1 heterocycles. The maximum Gasteiger partial charge on any atom is 0.191 e. The van der Waals surface area contributed by atoms with Gasteiger partial charge in [0.25, 0.3) is 0 Å². The van der Waals surface area contributed by atoms with Crippen LogP contribution in [0.4, 0.5) is 0 Å². The Balaban J connectivity index is 0.00000341. The van der Waals surface area contributed by atoms with E-state index in [1.165, 1.54) is 5.56 Å². The molecule has 0 atom stereocenters. The van der Waals surface area contributed by atoms with Crippen LogP contribution in [0.1, 0.15) is 44.7 Å². The van der Waals surface area contributed by atoms with Crippen molar-refractivity contribution in [1.29, 1.82) is 0 Å². The van der Waals surface area contributed by atoms with Gasteiger partial charge in [-0.05, 0) is 56.9 Å². The largest absolute Gasteiger partial charge is 0.489 e. The first-order valence-electron chi connectivity index (χ1n) is 11.2. The summed E-state index contributed by atoms with van der Waals surface area (Å²) in [5.41, 5.74) is 2.32. The third-order valence-electron chi connectivity index (χ3n) is 5.51. The summed E-state index contributed by atoms with van der Waals surface area (Å²) in [7, 11) is 0. The molecule has 1 fully saturated rings. The Hall–Kier alpha value is -1.80. The number of guanidine groups is 1. The molecular weight excluding hydrogens is 499 g/mol. The highest BCUT2D eigenvalue weighted by Gasteiger charge is 2.21. The number of nitrogens with one attached hydrogen (secondary N) is 2. The molecule has 1 aliphatic heterocycles. The van der Waals surface area contributed by atoms with Crippen LogP contribution >= 0.6 is 24.0 Å². The lowest BCUT2D eigenvalue weighted by molar-refractivity contribution is 0.167. The Morgan fingerprint density at radius 2 is 1.77 bits per heavy atom. The second-order valence-electron chi connectivity index (χ2n) is 8.17. The molecule has 0 unspecified atom stereocenters. The van der Waals surface area contributed by atoms with Crippen molar-refractivity contribution in [3.05, 3.63) is 65.7 Å². The predicted octanol–water partition coefficient (Wildman–Crippen LogP) is 4.81. The quantitative estimate of drug-likeness (QED) is 0.289. The summed E-state index contributed by atoms with van der Waals surface area (Å²) in [5, 5.41) is 7.02. The van der Waals surface area contributed by atoms with E-state index in [4.69, 9.17) is 9.73 Å². The number of nitrogens with zero attached hydrogens (tertiary/aromatic N) is 2. The van der Waals surface area contributed by atoms with E-state index in [1.54, 1.807) is 0 Å². The van der Waals surface area contributed by atoms with Gasteiger partial charge in [-0.2, -0.15) is 0 Å². The summed E-state index contributed by atoms with van der Waals surface area (Å²) >= 11 is 0. The third kappa shape index (κ3) is 8.69. The molecule has 0 amide bonds. The molecule has 0 bridgehead atoms. The topological polar surface area (TPSA) is 48.9 Å². The van der Waals surface area contributed by atoms with Gasteiger partial charge in [-0.15, -0.1) is 24.0 Å². The molecule has 170 valence electrons. The molecule has 31 heavy (non-hydrogen) atoms. The fourth-order valence-electron chi connectivity index (χ4n) is 3.72. The second kappa shape index (κ2) is 13.6. The fraction of sp³-hybridized carbons (Fsp3) is 0.480. The van der Waals surface area contributed by atoms with Gasteiger partial charge in [-0.25, -0.2) is 4.99 Å². The molecular formula is C25H37IN4O. The molecule has 1 saturated heterocycles. The molecule has 2 aromatic rings. The second-order valence-corrected chi connectivity index (χ2v) is 8.17. The van der Waals surface area contributed by atoms with E-state index in [1.807, 2.05) is 30.3 Å². The Morgan fingerprint density at radius 3 is 2.45 bits per heavy atom. The molecule has 6 heteroatoms. The van der Waals surface area contributed by atoms with Crippen molar-refractivity contribution in [2.24, 2.45) is 4.99 Å². The smallest absolute Gasteiger partial charge is 0.191 e. The third-order valence-corrected chi connectivity index (χ3v) is 5.51. The van der Waals surface area contributed by atoms with Crippen LogP contribution in [0, 0.1) is 0 Å². The van der Waals surface area contributed by atoms with Crippen LogP contribution in [0.25, 0.3) is 0 Å². The van der Waals surface area contributed by atoms with Gasteiger partial charge in [-0.3, -0.25) is 0 Å². The summed E-state index contributed by atoms with van der Waals surface area (Å²) in [6, 6.07) is 19.6. The molecule has 5 nitrogen and oxygen atoms in total. The zero-order valence-electron chi connectivity index (χ0n) is 19.0. The number of rotatable bonds is 8. The summed E-state index contributed by atoms with van der Waals surface area (Å²) in [4.78, 5) is 7.36. The number of ether oxygens (including phenoxy) is 1. The van der Waals surface area contributed by atoms with Crippen LogP contribution in [0.2, 0.25) is 0 Å². The fourth-order valence-corrected chi connectivity index (χ4v) is 3.72. The highest BCUT2D eigenvalue weighted by Crippen LogP contribution is 2.16. The minimum absolute atomic E-state index is 0. The molecule has 0 spiro atoms. The number of likely N-dealkylation sites (tertiary alicyclic amines) is 1. The first-order valence-corrected chi connectivity index (χ1v) is 11.2. The normalized spacial score (nSPS) is 15.4. The van der Waals surface area contributed by atoms with Crippen molar-refractivity contribution in [3.8, 4) is 5.75 Å². The van der Waals surface area contributed by atoms with Crippen molar-refractivity contribution in [3.63, 3.8) is 0 Å². The number of halogens is 1. The number of aliphatic imine (C=N–C) groups is 1. The van der Waals surface area contributed by atoms with Crippen molar-refractivity contribution in [2.75, 3.05) is 19.6 Å². The van der Waals surface area contributed by atoms with Gasteiger partial charge in [0, 0.05) is 31.7 Å². The van der Waals surface area contributed by atoms with Gasteiger partial charge in [0.1, 0.15) is 12.4 Å². The molecule has 3 rings (SSSR count). The first-order chi connectivity index (χ1) is 14.6. The zero-order valence-corrected chi connectivity index (χ0v) is 21.3. The highest BCUT2D eigenvalue weighted by atomic mass is 127. The van der Waals surface area contributed by atoms with Crippen LogP contribution in [-0.2, 0) is 13.2 Å². The van der Waals surface area contributed by atoms with Gasteiger partial charge in [-0.1, -0.05) is 42.5 Å². The van der Waals surface area contributed by atoms with E-state index >= 15 is 0 Å². The molecule has 0 saturated carbocycles. The van der Waals surface area contributed by atoms with E-state index in [9.17, 15) is 0 Å². The van der Waals surface area contributed by atoms with Crippen molar-refractivity contribution >= 4 is 29.9 Å². The average Bonchev–Trinajstić information content (AvgIpc) is 2.77. The molecule has 2 N–H and O–H groups in total. The monoisotopic (exact) mass is 536 g/mol. The summed E-state index contributed by atoms with van der Waals surface area (Å²) in [5.74, 6) is 1.78. The van der Waals surface area contributed by atoms with Gasteiger partial charge in [0.2, 0.25) is 0 Å². The van der Waals surface area contributed by atoms with Gasteiger partial charge < -0.3 is 20.3 Å². The lowest BCUT2D eigenvalue weighted by atomic mass is 10.0. The lowest BCUT2D eigenvalue weighted by Crippen LogP contribution is -2.49. The van der Waals surface area contributed by atoms with E-state index in [0.29, 0.717) is 25.2 Å². The first kappa shape index (κ1) is 25.5. The summed E-state index contributed by atoms with van der Waals surface area (Å²) in [6.45, 7) is 11.0. The molecule has 0 aromatic heterocycles. The van der Waals surface area contributed by atoms with Crippen molar-refractivity contribution < 1.29 is 4.74 Å². The number of piperidine rings is 1. The van der Waals surface area contributed by atoms with Crippen LogP contribution in [-0.4, -0.2) is 42.6 Å². The molecule has 0 radical (unpaired) electrons. The Labute approximate surface area is 204 Å². The van der Waals surface area contributed by atoms with E-state index in [-0.39, 0.29) is 24.0 Å². The Kier molecular flexibility index (Phi) is 11.2. The Bertz CT molecular complexity index is 789. The minimum atomic E-state index is 0. The van der Waals surface area contributed by atoms with Crippen LogP contribution < -0.4 is 15.4 Å². The van der Waals surface area contributed by atoms with Crippen LogP contribution in [0.5, 0.6) is 5.75 Å².